The van der Waals surface area contributed by atoms with Gasteiger partial charge in [0.1, 0.15) is 5.82 Å². The molecule has 104 valence electrons. The Labute approximate surface area is 111 Å². The first-order valence-electron chi connectivity index (χ1n) is 6.01. The van der Waals surface area contributed by atoms with Crippen LogP contribution in [0.4, 0.5) is 4.39 Å². The van der Waals surface area contributed by atoms with E-state index >= 15 is 0 Å². The van der Waals surface area contributed by atoms with Gasteiger partial charge in [0.2, 0.25) is 0 Å². The second-order valence-corrected chi connectivity index (χ2v) is 6.96. The van der Waals surface area contributed by atoms with Gasteiger partial charge in [-0.3, -0.25) is 4.79 Å². The summed E-state index contributed by atoms with van der Waals surface area (Å²) in [4.78, 5) is 11.4. The summed E-state index contributed by atoms with van der Waals surface area (Å²) in [6, 6.07) is 3.68. The number of hydrogen-bond donors (Lipinski definition) is 1. The molecule has 0 heterocycles. The summed E-state index contributed by atoms with van der Waals surface area (Å²) in [5.74, 6) is -1.91. The van der Waals surface area contributed by atoms with Crippen molar-refractivity contribution in [2.24, 2.45) is 0 Å². The number of halogens is 1. The Bertz CT molecular complexity index is 616. The molecule has 0 bridgehead atoms. The predicted molar refractivity (Wildman–Crippen MR) is 67.3 cm³/mol. The van der Waals surface area contributed by atoms with E-state index in [1.807, 2.05) is 0 Å². The Balaban J connectivity index is 2.77. The SMILES string of the molecule is CS(=O)(=O)c1cccc(F)c1C1(C(=O)O)CCCC1. The van der Waals surface area contributed by atoms with Crippen LogP contribution in [0.1, 0.15) is 31.2 Å². The molecular weight excluding hydrogens is 271 g/mol. The van der Waals surface area contributed by atoms with E-state index in [0.717, 1.165) is 12.3 Å². The molecule has 1 aliphatic rings. The second-order valence-electron chi connectivity index (χ2n) is 4.98. The van der Waals surface area contributed by atoms with Crippen molar-refractivity contribution in [1.82, 2.24) is 0 Å². The predicted octanol–water partition coefficient (Wildman–Crippen LogP) is 2.13. The highest BCUT2D eigenvalue weighted by Crippen LogP contribution is 2.44. The molecule has 6 heteroatoms. The summed E-state index contributed by atoms with van der Waals surface area (Å²) in [6.07, 6.45) is 2.82. The van der Waals surface area contributed by atoms with Crippen LogP contribution in [0.25, 0.3) is 0 Å². The van der Waals surface area contributed by atoms with E-state index < -0.39 is 27.0 Å². The average Bonchev–Trinajstić information content (AvgIpc) is 2.77. The summed E-state index contributed by atoms with van der Waals surface area (Å²) in [7, 11) is -3.67. The topological polar surface area (TPSA) is 71.4 Å². The fourth-order valence-electron chi connectivity index (χ4n) is 2.83. The highest BCUT2D eigenvalue weighted by Gasteiger charge is 2.47. The lowest BCUT2D eigenvalue weighted by Gasteiger charge is -2.26. The van der Waals surface area contributed by atoms with Crippen LogP contribution >= 0.6 is 0 Å². The van der Waals surface area contributed by atoms with Gasteiger partial charge in [0.25, 0.3) is 0 Å². The minimum Gasteiger partial charge on any atom is -0.481 e. The lowest BCUT2D eigenvalue weighted by Crippen LogP contribution is -2.35. The maximum absolute atomic E-state index is 14.1. The Morgan fingerprint density at radius 2 is 1.89 bits per heavy atom. The smallest absolute Gasteiger partial charge is 0.314 e. The maximum Gasteiger partial charge on any atom is 0.314 e. The van der Waals surface area contributed by atoms with E-state index in [2.05, 4.69) is 0 Å². The van der Waals surface area contributed by atoms with Crippen LogP contribution < -0.4 is 0 Å². The third-order valence-corrected chi connectivity index (χ3v) is 4.86. The number of carboxylic acids is 1. The van der Waals surface area contributed by atoms with Crippen LogP contribution in [-0.2, 0) is 20.0 Å². The summed E-state index contributed by atoms with van der Waals surface area (Å²) < 4.78 is 37.6. The number of hydrogen-bond acceptors (Lipinski definition) is 3. The Morgan fingerprint density at radius 3 is 2.37 bits per heavy atom. The van der Waals surface area contributed by atoms with E-state index in [-0.39, 0.29) is 23.3 Å². The number of sulfone groups is 1. The van der Waals surface area contributed by atoms with Crippen LogP contribution in [-0.4, -0.2) is 25.7 Å². The average molecular weight is 286 g/mol. The van der Waals surface area contributed by atoms with Crippen molar-refractivity contribution >= 4 is 15.8 Å². The maximum atomic E-state index is 14.1. The molecule has 19 heavy (non-hydrogen) atoms. The number of benzene rings is 1. The van der Waals surface area contributed by atoms with Gasteiger partial charge in [0, 0.05) is 11.8 Å². The van der Waals surface area contributed by atoms with Gasteiger partial charge in [-0.1, -0.05) is 18.9 Å². The van der Waals surface area contributed by atoms with Crippen molar-refractivity contribution in [1.29, 1.82) is 0 Å². The van der Waals surface area contributed by atoms with E-state index in [9.17, 15) is 22.7 Å². The molecule has 0 atom stereocenters. The highest BCUT2D eigenvalue weighted by atomic mass is 32.2. The standard InChI is InChI=1S/C13H15FO4S/c1-19(17,18)10-6-4-5-9(14)11(10)13(12(15)16)7-2-3-8-13/h4-6H,2-3,7-8H2,1H3,(H,15,16). The van der Waals surface area contributed by atoms with Gasteiger partial charge in [-0.05, 0) is 25.0 Å². The zero-order valence-corrected chi connectivity index (χ0v) is 11.3. The molecular formula is C13H15FO4S. The molecule has 0 amide bonds. The molecule has 0 saturated heterocycles. The molecule has 1 fully saturated rings. The van der Waals surface area contributed by atoms with Gasteiger partial charge in [0.15, 0.2) is 9.84 Å². The van der Waals surface area contributed by atoms with Gasteiger partial charge < -0.3 is 5.11 Å². The van der Waals surface area contributed by atoms with E-state index in [4.69, 9.17) is 0 Å². The van der Waals surface area contributed by atoms with Gasteiger partial charge in [-0.15, -0.1) is 0 Å². The van der Waals surface area contributed by atoms with Crippen molar-refractivity contribution < 1.29 is 22.7 Å². The van der Waals surface area contributed by atoms with Gasteiger partial charge in [0.05, 0.1) is 10.3 Å². The quantitative estimate of drug-likeness (QED) is 0.924. The number of aliphatic carboxylic acids is 1. The molecule has 1 aromatic rings. The van der Waals surface area contributed by atoms with Gasteiger partial charge in [-0.25, -0.2) is 12.8 Å². The molecule has 0 unspecified atom stereocenters. The van der Waals surface area contributed by atoms with Gasteiger partial charge in [-0.2, -0.15) is 0 Å². The molecule has 0 radical (unpaired) electrons. The normalized spacial score (nSPS) is 18.4. The summed E-state index contributed by atoms with van der Waals surface area (Å²) in [5.41, 5.74) is -1.59. The minimum atomic E-state index is -3.67. The van der Waals surface area contributed by atoms with Crippen molar-refractivity contribution in [2.45, 2.75) is 36.0 Å². The fraction of sp³-hybridized carbons (Fsp3) is 0.462. The zero-order valence-electron chi connectivity index (χ0n) is 10.5. The van der Waals surface area contributed by atoms with Gasteiger partial charge >= 0.3 is 5.97 Å². The first kappa shape index (κ1) is 14.0. The largest absolute Gasteiger partial charge is 0.481 e. The lowest BCUT2D eigenvalue weighted by molar-refractivity contribution is -0.143. The molecule has 0 aromatic heterocycles. The van der Waals surface area contributed by atoms with Crippen molar-refractivity contribution in [3.05, 3.63) is 29.6 Å². The number of carbonyl (C=O) groups is 1. The van der Waals surface area contributed by atoms with E-state index in [1.165, 1.54) is 12.1 Å². The zero-order chi connectivity index (χ0) is 14.3. The van der Waals surface area contributed by atoms with Crippen LogP contribution in [0.3, 0.4) is 0 Å². The monoisotopic (exact) mass is 286 g/mol. The molecule has 4 nitrogen and oxygen atoms in total. The Morgan fingerprint density at radius 1 is 1.32 bits per heavy atom. The van der Waals surface area contributed by atoms with E-state index in [0.29, 0.717) is 12.8 Å². The summed E-state index contributed by atoms with van der Waals surface area (Å²) >= 11 is 0. The first-order chi connectivity index (χ1) is 8.79. The van der Waals surface area contributed by atoms with Crippen LogP contribution in [0.15, 0.2) is 23.1 Å². The third kappa shape index (κ3) is 2.25. The summed E-state index contributed by atoms with van der Waals surface area (Å²) in [6.45, 7) is 0. The molecule has 1 N–H and O–H groups in total. The number of carboxylic acid groups (broad SMARTS) is 1. The van der Waals surface area contributed by atoms with E-state index in [1.54, 1.807) is 0 Å². The van der Waals surface area contributed by atoms with Crippen LogP contribution in [0.2, 0.25) is 0 Å². The minimum absolute atomic E-state index is 0.178. The number of rotatable bonds is 3. The Kier molecular flexibility index (Phi) is 3.38. The fourth-order valence-corrected chi connectivity index (χ4v) is 3.82. The third-order valence-electron chi connectivity index (χ3n) is 3.72. The summed E-state index contributed by atoms with van der Waals surface area (Å²) in [5, 5.41) is 9.47. The second kappa shape index (κ2) is 4.59. The molecule has 0 spiro atoms. The van der Waals surface area contributed by atoms with Crippen molar-refractivity contribution in [3.8, 4) is 0 Å². The van der Waals surface area contributed by atoms with Crippen molar-refractivity contribution in [2.75, 3.05) is 6.26 Å². The molecule has 1 aliphatic carbocycles. The van der Waals surface area contributed by atoms with Crippen molar-refractivity contribution in [3.63, 3.8) is 0 Å². The molecule has 0 aliphatic heterocycles. The first-order valence-corrected chi connectivity index (χ1v) is 7.90. The molecule has 1 aromatic carbocycles. The van der Waals surface area contributed by atoms with Crippen LogP contribution in [0, 0.1) is 5.82 Å². The lowest BCUT2D eigenvalue weighted by atomic mass is 9.78. The van der Waals surface area contributed by atoms with Crippen LogP contribution in [0.5, 0.6) is 0 Å². The highest BCUT2D eigenvalue weighted by molar-refractivity contribution is 7.90. The molecule has 1 saturated carbocycles. The Hall–Kier alpha value is -1.43. The molecule has 2 rings (SSSR count).